The van der Waals surface area contributed by atoms with Crippen molar-refractivity contribution in [2.75, 3.05) is 20.3 Å². The molecule has 1 aliphatic rings. The third-order valence-electron chi connectivity index (χ3n) is 5.57. The molecule has 1 atom stereocenters. The summed E-state index contributed by atoms with van der Waals surface area (Å²) in [5.41, 5.74) is 1.35. The van der Waals surface area contributed by atoms with E-state index in [9.17, 15) is 14.3 Å². The highest BCUT2D eigenvalue weighted by Crippen LogP contribution is 2.33. The molecule has 4 rings (SSSR count). The van der Waals surface area contributed by atoms with E-state index < -0.39 is 11.6 Å². The monoisotopic (exact) mass is 466 g/mol. The highest BCUT2D eigenvalue weighted by atomic mass is 19.1. The number of halogens is 1. The second-order valence-electron chi connectivity index (χ2n) is 8.72. The lowest BCUT2D eigenvalue weighted by Crippen LogP contribution is -2.52. The number of ether oxygens (including phenoxy) is 2. The Hall–Kier alpha value is -3.72. The van der Waals surface area contributed by atoms with Gasteiger partial charge in [-0.15, -0.1) is 0 Å². The van der Waals surface area contributed by atoms with Gasteiger partial charge >= 0.3 is 0 Å². The maximum atomic E-state index is 13.4. The van der Waals surface area contributed by atoms with Crippen LogP contribution in [0.3, 0.4) is 0 Å². The maximum Gasteiger partial charge on any atom is 0.289 e. The number of carbonyl (C=O) groups excluding carboxylic acids is 1. The molecule has 8 nitrogen and oxygen atoms in total. The summed E-state index contributed by atoms with van der Waals surface area (Å²) in [4.78, 5) is 19.1. The van der Waals surface area contributed by atoms with Crippen LogP contribution in [0.15, 0.2) is 54.6 Å². The molecule has 0 saturated carbocycles. The van der Waals surface area contributed by atoms with Gasteiger partial charge in [0.15, 0.2) is 5.76 Å². The lowest BCUT2D eigenvalue weighted by molar-refractivity contribution is -0.151. The first kappa shape index (κ1) is 23.4. The Morgan fingerprint density at radius 1 is 1.26 bits per heavy atom. The Bertz CT molecular complexity index is 1220. The first-order valence-electron chi connectivity index (χ1n) is 10.9. The molecule has 34 heavy (non-hydrogen) atoms. The van der Waals surface area contributed by atoms with Gasteiger partial charge in [0.1, 0.15) is 35.0 Å². The molecule has 1 aliphatic heterocycles. The van der Waals surface area contributed by atoms with Gasteiger partial charge in [-0.25, -0.2) is 14.1 Å². The van der Waals surface area contributed by atoms with Gasteiger partial charge in [0.25, 0.3) is 5.91 Å². The van der Waals surface area contributed by atoms with Gasteiger partial charge in [0, 0.05) is 0 Å². The molecule has 9 heteroatoms. The Labute approximate surface area is 197 Å². The molecule has 1 amide bonds. The number of carbonyl (C=O) groups is 1. The van der Waals surface area contributed by atoms with E-state index in [1.54, 1.807) is 54.2 Å². The molecule has 1 saturated heterocycles. The second-order valence-corrected chi connectivity index (χ2v) is 8.72. The van der Waals surface area contributed by atoms with Crippen molar-refractivity contribution in [3.63, 3.8) is 0 Å². The number of nitrogens with zero attached hydrogens (tertiary/aromatic N) is 4. The second kappa shape index (κ2) is 9.26. The van der Waals surface area contributed by atoms with Gasteiger partial charge in [-0.05, 0) is 62.2 Å². The van der Waals surface area contributed by atoms with Gasteiger partial charge in [-0.2, -0.15) is 5.10 Å². The zero-order chi connectivity index (χ0) is 24.5. The van der Waals surface area contributed by atoms with Crippen LogP contribution in [0.5, 0.6) is 5.75 Å². The van der Waals surface area contributed by atoms with Crippen molar-refractivity contribution in [1.82, 2.24) is 19.7 Å². The summed E-state index contributed by atoms with van der Waals surface area (Å²) < 4.78 is 26.6. The third kappa shape index (κ3) is 4.79. The fraction of sp³-hybridized carbons (Fsp3) is 0.320. The summed E-state index contributed by atoms with van der Waals surface area (Å²) in [6.07, 6.45) is 3.25. The standard InChI is InChI=1S/C25H27FN4O4/c1-16-27-15-30(28-16)20-10-5-17(11-22(20)33-4)12-23-24(32)29(14-25(2,3)34-23)21(13-31)18-6-8-19(26)9-7-18/h5-12,15,21,31H,13-14H2,1-4H3/b23-12-/t21-/m0/s1. The van der Waals surface area contributed by atoms with E-state index in [2.05, 4.69) is 10.1 Å². The number of aliphatic hydroxyl groups excluding tert-OH is 1. The van der Waals surface area contributed by atoms with Crippen molar-refractivity contribution in [2.45, 2.75) is 32.4 Å². The lowest BCUT2D eigenvalue weighted by atomic mass is 9.99. The van der Waals surface area contributed by atoms with Crippen LogP contribution >= 0.6 is 0 Å². The Morgan fingerprint density at radius 3 is 2.62 bits per heavy atom. The van der Waals surface area contributed by atoms with Crippen LogP contribution in [0.4, 0.5) is 4.39 Å². The molecule has 1 aromatic heterocycles. The molecular weight excluding hydrogens is 439 g/mol. The van der Waals surface area contributed by atoms with Crippen LogP contribution in [0, 0.1) is 12.7 Å². The van der Waals surface area contributed by atoms with Gasteiger partial charge in [0.2, 0.25) is 0 Å². The molecule has 0 aliphatic carbocycles. The first-order valence-corrected chi connectivity index (χ1v) is 10.9. The fourth-order valence-electron chi connectivity index (χ4n) is 4.00. The lowest BCUT2D eigenvalue weighted by Gasteiger charge is -2.43. The van der Waals surface area contributed by atoms with Crippen LogP contribution in [0.25, 0.3) is 11.8 Å². The normalized spacial score (nSPS) is 17.5. The topological polar surface area (TPSA) is 89.7 Å². The maximum absolute atomic E-state index is 13.4. The number of aryl methyl sites for hydroxylation is 1. The molecule has 0 radical (unpaired) electrons. The van der Waals surface area contributed by atoms with Crippen LogP contribution in [0.2, 0.25) is 0 Å². The van der Waals surface area contributed by atoms with E-state index >= 15 is 0 Å². The minimum atomic E-state index is -0.699. The smallest absolute Gasteiger partial charge is 0.289 e. The predicted octanol–water partition coefficient (Wildman–Crippen LogP) is 3.44. The number of benzene rings is 2. The molecule has 0 bridgehead atoms. The number of aromatic nitrogens is 3. The summed E-state index contributed by atoms with van der Waals surface area (Å²) in [6, 6.07) is 10.6. The molecule has 0 spiro atoms. The van der Waals surface area contributed by atoms with E-state index in [1.165, 1.54) is 12.1 Å². The Morgan fingerprint density at radius 2 is 2.00 bits per heavy atom. The van der Waals surface area contributed by atoms with E-state index in [0.29, 0.717) is 28.4 Å². The Balaban J connectivity index is 1.68. The number of rotatable bonds is 6. The minimum Gasteiger partial charge on any atom is -0.494 e. The largest absolute Gasteiger partial charge is 0.494 e. The zero-order valence-electron chi connectivity index (χ0n) is 19.5. The van der Waals surface area contributed by atoms with E-state index in [-0.39, 0.29) is 30.6 Å². The zero-order valence-corrected chi connectivity index (χ0v) is 19.5. The third-order valence-corrected chi connectivity index (χ3v) is 5.57. The first-order chi connectivity index (χ1) is 16.2. The quantitative estimate of drug-likeness (QED) is 0.560. The van der Waals surface area contributed by atoms with Gasteiger partial charge in [-0.3, -0.25) is 4.79 Å². The van der Waals surface area contributed by atoms with Crippen LogP contribution < -0.4 is 4.74 Å². The van der Waals surface area contributed by atoms with Crippen LogP contribution in [-0.2, 0) is 9.53 Å². The molecule has 1 N–H and O–H groups in total. The van der Waals surface area contributed by atoms with Crippen molar-refractivity contribution in [3.8, 4) is 11.4 Å². The predicted molar refractivity (Wildman–Crippen MR) is 124 cm³/mol. The number of aliphatic hydroxyl groups is 1. The molecule has 0 unspecified atom stereocenters. The van der Waals surface area contributed by atoms with Gasteiger partial charge in [0.05, 0.1) is 26.3 Å². The molecule has 2 heterocycles. The number of morpholine rings is 1. The fourth-order valence-corrected chi connectivity index (χ4v) is 4.00. The van der Waals surface area contributed by atoms with Crippen molar-refractivity contribution in [3.05, 3.63) is 77.3 Å². The number of hydrogen-bond donors (Lipinski definition) is 1. The number of hydrogen-bond acceptors (Lipinski definition) is 6. The molecular formula is C25H27FN4O4. The highest BCUT2D eigenvalue weighted by molar-refractivity contribution is 5.97. The molecule has 2 aromatic carbocycles. The summed E-state index contributed by atoms with van der Waals surface area (Å²) in [6.45, 7) is 5.50. The molecule has 178 valence electrons. The molecule has 1 fully saturated rings. The van der Waals surface area contributed by atoms with E-state index in [0.717, 1.165) is 0 Å². The molecule has 3 aromatic rings. The summed E-state index contributed by atoms with van der Waals surface area (Å²) in [7, 11) is 1.56. The minimum absolute atomic E-state index is 0.142. The van der Waals surface area contributed by atoms with Crippen molar-refractivity contribution < 1.29 is 23.8 Å². The summed E-state index contributed by atoms with van der Waals surface area (Å²) in [5, 5.41) is 14.4. The number of methoxy groups -OCH3 is 1. The Kier molecular flexibility index (Phi) is 6.39. The van der Waals surface area contributed by atoms with Crippen molar-refractivity contribution in [1.29, 1.82) is 0 Å². The van der Waals surface area contributed by atoms with Crippen molar-refractivity contribution in [2.24, 2.45) is 0 Å². The van der Waals surface area contributed by atoms with Crippen molar-refractivity contribution >= 4 is 12.0 Å². The van der Waals surface area contributed by atoms with Crippen LogP contribution in [-0.4, -0.2) is 56.5 Å². The summed E-state index contributed by atoms with van der Waals surface area (Å²) >= 11 is 0. The average molecular weight is 467 g/mol. The average Bonchev–Trinajstić information content (AvgIpc) is 3.24. The SMILES string of the molecule is COc1cc(/C=C2\OC(C)(C)CN([C@@H](CO)c3ccc(F)cc3)C2=O)ccc1-n1cnc(C)n1. The van der Waals surface area contributed by atoms with E-state index in [4.69, 9.17) is 9.47 Å². The summed E-state index contributed by atoms with van der Waals surface area (Å²) in [5.74, 6) is 0.587. The number of amides is 1. The van der Waals surface area contributed by atoms with Gasteiger partial charge in [-0.1, -0.05) is 18.2 Å². The van der Waals surface area contributed by atoms with E-state index in [1.807, 2.05) is 26.0 Å². The van der Waals surface area contributed by atoms with Gasteiger partial charge < -0.3 is 19.5 Å². The van der Waals surface area contributed by atoms with Crippen LogP contribution in [0.1, 0.15) is 36.8 Å². The highest BCUT2D eigenvalue weighted by Gasteiger charge is 2.40.